The molecule has 0 aromatic heterocycles. The van der Waals surface area contributed by atoms with E-state index in [1.807, 2.05) is 0 Å². The first kappa shape index (κ1) is 21.9. The van der Waals surface area contributed by atoms with Gasteiger partial charge in [-0.05, 0) is 19.3 Å². The van der Waals surface area contributed by atoms with Crippen molar-refractivity contribution in [1.29, 1.82) is 0 Å². The van der Waals surface area contributed by atoms with Gasteiger partial charge < -0.3 is 4.74 Å². The zero-order valence-electron chi connectivity index (χ0n) is 15.8. The van der Waals surface area contributed by atoms with Crippen LogP contribution in [-0.4, -0.2) is 33.5 Å². The third-order valence-corrected chi connectivity index (χ3v) is 5.36. The standard InChI is InChI=1S/C19H38O4S/c1-3-4-5-6-7-8-9-10-11-12-13-14-18-15-16-19(23-18)17-22-24(2,20)21/h18-19H,3-17H2,1-2H3. The molecule has 0 bridgehead atoms. The molecule has 2 unspecified atom stereocenters. The Morgan fingerprint density at radius 1 is 0.833 bits per heavy atom. The molecule has 0 spiro atoms. The van der Waals surface area contributed by atoms with Crippen molar-refractivity contribution < 1.29 is 17.3 Å². The summed E-state index contributed by atoms with van der Waals surface area (Å²) in [6.07, 6.45) is 19.4. The van der Waals surface area contributed by atoms with E-state index in [1.54, 1.807) is 0 Å². The summed E-state index contributed by atoms with van der Waals surface area (Å²) in [4.78, 5) is 0. The third-order valence-electron chi connectivity index (χ3n) is 4.79. The van der Waals surface area contributed by atoms with Crippen LogP contribution in [0, 0.1) is 0 Å². The monoisotopic (exact) mass is 362 g/mol. The van der Waals surface area contributed by atoms with Gasteiger partial charge in [0, 0.05) is 0 Å². The minimum Gasteiger partial charge on any atom is -0.373 e. The van der Waals surface area contributed by atoms with Crippen molar-refractivity contribution in [3.63, 3.8) is 0 Å². The average Bonchev–Trinajstić information content (AvgIpc) is 2.98. The van der Waals surface area contributed by atoms with Crippen LogP contribution >= 0.6 is 0 Å². The van der Waals surface area contributed by atoms with Gasteiger partial charge in [0.1, 0.15) is 0 Å². The van der Waals surface area contributed by atoms with Gasteiger partial charge in [0.15, 0.2) is 0 Å². The predicted molar refractivity (Wildman–Crippen MR) is 99.8 cm³/mol. The van der Waals surface area contributed by atoms with Crippen molar-refractivity contribution in [2.24, 2.45) is 0 Å². The van der Waals surface area contributed by atoms with E-state index in [0.29, 0.717) is 6.10 Å². The molecule has 0 amide bonds. The highest BCUT2D eigenvalue weighted by Crippen LogP contribution is 2.24. The number of hydrogen-bond acceptors (Lipinski definition) is 4. The van der Waals surface area contributed by atoms with Crippen molar-refractivity contribution in [2.75, 3.05) is 12.9 Å². The smallest absolute Gasteiger partial charge is 0.264 e. The molecule has 1 aliphatic rings. The fraction of sp³-hybridized carbons (Fsp3) is 1.00. The van der Waals surface area contributed by atoms with E-state index in [-0.39, 0.29) is 12.7 Å². The second kappa shape index (κ2) is 13.1. The predicted octanol–water partition coefficient (Wildman–Crippen LogP) is 5.21. The molecule has 1 fully saturated rings. The van der Waals surface area contributed by atoms with E-state index >= 15 is 0 Å². The minimum atomic E-state index is -3.35. The number of rotatable bonds is 15. The van der Waals surface area contributed by atoms with Gasteiger partial charge in [-0.25, -0.2) is 0 Å². The highest BCUT2D eigenvalue weighted by Gasteiger charge is 2.25. The maximum Gasteiger partial charge on any atom is 0.264 e. The summed E-state index contributed by atoms with van der Waals surface area (Å²) in [5.74, 6) is 0. The second-order valence-corrected chi connectivity index (χ2v) is 8.91. The maximum absolute atomic E-state index is 11.0. The minimum absolute atomic E-state index is 0.0440. The first-order valence-corrected chi connectivity index (χ1v) is 11.8. The highest BCUT2D eigenvalue weighted by molar-refractivity contribution is 7.85. The SMILES string of the molecule is CCCCCCCCCCCCCC1CCC(COS(C)(=O)=O)O1. The molecule has 0 N–H and O–H groups in total. The molecule has 0 saturated carbocycles. The molecule has 2 atom stereocenters. The zero-order chi connectivity index (χ0) is 17.7. The Kier molecular flexibility index (Phi) is 12.0. The van der Waals surface area contributed by atoms with Crippen LogP contribution in [0.15, 0.2) is 0 Å². The molecule has 1 saturated heterocycles. The Morgan fingerprint density at radius 2 is 1.33 bits per heavy atom. The first-order chi connectivity index (χ1) is 11.5. The van der Waals surface area contributed by atoms with Gasteiger partial charge in [-0.1, -0.05) is 77.6 Å². The number of ether oxygens (including phenoxy) is 1. The Labute approximate surface area is 149 Å². The largest absolute Gasteiger partial charge is 0.373 e. The van der Waals surface area contributed by atoms with Crippen LogP contribution in [0.25, 0.3) is 0 Å². The van der Waals surface area contributed by atoms with Crippen LogP contribution in [0.4, 0.5) is 0 Å². The Hall–Kier alpha value is -0.130. The summed E-state index contributed by atoms with van der Waals surface area (Å²) in [5.41, 5.74) is 0. The number of unbranched alkanes of at least 4 members (excludes halogenated alkanes) is 10. The van der Waals surface area contributed by atoms with E-state index in [1.165, 1.54) is 70.6 Å². The van der Waals surface area contributed by atoms with Crippen molar-refractivity contribution >= 4 is 10.1 Å². The molecule has 1 aliphatic heterocycles. The van der Waals surface area contributed by atoms with Crippen LogP contribution in [-0.2, 0) is 19.0 Å². The summed E-state index contributed by atoms with van der Waals surface area (Å²) >= 11 is 0. The van der Waals surface area contributed by atoms with Gasteiger partial charge in [0.05, 0.1) is 25.1 Å². The van der Waals surface area contributed by atoms with Crippen LogP contribution in [0.3, 0.4) is 0 Å². The first-order valence-electron chi connectivity index (χ1n) is 10.0. The Balaban J connectivity index is 1.87. The van der Waals surface area contributed by atoms with Gasteiger partial charge in [0.25, 0.3) is 10.1 Å². The molecular weight excluding hydrogens is 324 g/mol. The fourth-order valence-electron chi connectivity index (χ4n) is 3.35. The molecule has 0 aromatic rings. The quantitative estimate of drug-likeness (QED) is 0.296. The van der Waals surface area contributed by atoms with E-state index in [4.69, 9.17) is 8.92 Å². The topological polar surface area (TPSA) is 52.6 Å². The van der Waals surface area contributed by atoms with Crippen molar-refractivity contribution in [2.45, 2.75) is 109 Å². The Morgan fingerprint density at radius 3 is 1.88 bits per heavy atom. The summed E-state index contributed by atoms with van der Waals surface area (Å²) in [5, 5.41) is 0. The van der Waals surface area contributed by atoms with Gasteiger partial charge in [0.2, 0.25) is 0 Å². The lowest BCUT2D eigenvalue weighted by molar-refractivity contribution is 0.0150. The molecule has 24 heavy (non-hydrogen) atoms. The van der Waals surface area contributed by atoms with E-state index in [9.17, 15) is 8.42 Å². The summed E-state index contributed by atoms with van der Waals surface area (Å²) in [7, 11) is -3.35. The molecule has 0 aromatic carbocycles. The molecule has 144 valence electrons. The van der Waals surface area contributed by atoms with Crippen molar-refractivity contribution in [3.8, 4) is 0 Å². The van der Waals surface area contributed by atoms with E-state index in [0.717, 1.165) is 25.5 Å². The second-order valence-electron chi connectivity index (χ2n) is 7.27. The summed E-state index contributed by atoms with van der Waals surface area (Å²) in [6, 6.07) is 0. The molecule has 5 heteroatoms. The van der Waals surface area contributed by atoms with Crippen LogP contribution in [0.2, 0.25) is 0 Å². The molecular formula is C19H38O4S. The fourth-order valence-corrected chi connectivity index (χ4v) is 3.75. The van der Waals surface area contributed by atoms with Crippen LogP contribution < -0.4 is 0 Å². The highest BCUT2D eigenvalue weighted by atomic mass is 32.2. The zero-order valence-corrected chi connectivity index (χ0v) is 16.6. The third kappa shape index (κ3) is 12.3. The van der Waals surface area contributed by atoms with Gasteiger partial charge in [-0.3, -0.25) is 4.18 Å². The lowest BCUT2D eigenvalue weighted by Crippen LogP contribution is -2.19. The van der Waals surface area contributed by atoms with Gasteiger partial charge in [-0.15, -0.1) is 0 Å². The molecule has 4 nitrogen and oxygen atoms in total. The molecule has 0 radical (unpaired) electrons. The normalized spacial score (nSPS) is 21.4. The van der Waals surface area contributed by atoms with Crippen molar-refractivity contribution in [3.05, 3.63) is 0 Å². The summed E-state index contributed by atoms with van der Waals surface area (Å²) < 4.78 is 32.6. The number of hydrogen-bond donors (Lipinski definition) is 0. The lowest BCUT2D eigenvalue weighted by atomic mass is 10.0. The van der Waals surface area contributed by atoms with Crippen LogP contribution in [0.1, 0.15) is 96.8 Å². The van der Waals surface area contributed by atoms with Crippen LogP contribution in [0.5, 0.6) is 0 Å². The molecule has 1 heterocycles. The summed E-state index contributed by atoms with van der Waals surface area (Å²) in [6.45, 7) is 2.44. The Bertz CT molecular complexity index is 394. The average molecular weight is 363 g/mol. The van der Waals surface area contributed by atoms with E-state index < -0.39 is 10.1 Å². The lowest BCUT2D eigenvalue weighted by Gasteiger charge is -2.13. The van der Waals surface area contributed by atoms with Crippen molar-refractivity contribution in [1.82, 2.24) is 0 Å². The van der Waals surface area contributed by atoms with Gasteiger partial charge >= 0.3 is 0 Å². The maximum atomic E-state index is 11.0. The van der Waals surface area contributed by atoms with E-state index in [2.05, 4.69) is 6.92 Å². The molecule has 1 rings (SSSR count). The molecule has 0 aliphatic carbocycles. The van der Waals surface area contributed by atoms with Gasteiger partial charge in [-0.2, -0.15) is 8.42 Å².